The molecule has 0 bridgehead atoms. The van der Waals surface area contributed by atoms with Gasteiger partial charge in [-0.1, -0.05) is 23.8 Å². The second kappa shape index (κ2) is 10.4. The molecule has 3 aliphatic rings. The van der Waals surface area contributed by atoms with Crippen molar-refractivity contribution in [3.05, 3.63) is 64.3 Å². The first-order valence-electron chi connectivity index (χ1n) is 12.7. The first kappa shape index (κ1) is 25.1. The maximum absolute atomic E-state index is 15.3. The molecule has 2 aromatic rings. The summed E-state index contributed by atoms with van der Waals surface area (Å²) >= 11 is 0. The molecule has 37 heavy (non-hydrogen) atoms. The summed E-state index contributed by atoms with van der Waals surface area (Å²) in [6.45, 7) is 12.1. The highest BCUT2D eigenvalue weighted by atomic mass is 19.1. The number of rotatable bonds is 6. The van der Waals surface area contributed by atoms with Crippen LogP contribution in [0.4, 0.5) is 20.4 Å². The summed E-state index contributed by atoms with van der Waals surface area (Å²) in [5, 5.41) is 3.23. The predicted octanol–water partition coefficient (Wildman–Crippen LogP) is 5.36. The largest absolute Gasteiger partial charge is 0.421 e. The molecule has 1 aliphatic carbocycles. The van der Waals surface area contributed by atoms with Gasteiger partial charge in [0.1, 0.15) is 23.3 Å². The molecule has 5 rings (SSSR count). The molecule has 3 heterocycles. The van der Waals surface area contributed by atoms with Crippen LogP contribution in [0.5, 0.6) is 11.8 Å². The molecule has 0 unspecified atom stereocenters. The van der Waals surface area contributed by atoms with Crippen molar-refractivity contribution >= 4 is 23.5 Å². The van der Waals surface area contributed by atoms with Gasteiger partial charge in [0, 0.05) is 55.5 Å². The molecule has 1 aromatic heterocycles. The standard InChI is InChI=1S/C28H32F2N6O/c1-5-6-19-13-24(31-16-19)32-25-15-26(36-9-7-35(8-10-36)17(2)3)34-28(33-25)37-23-14-22(29)20-11-18(4)12-21(20)27(23)30/h5-6,12-15,17H,7-11,16H2,1-4H3,(H,31,32,33,34)/b6-5+. The van der Waals surface area contributed by atoms with Crippen LogP contribution in [0.3, 0.4) is 0 Å². The number of hydrogen-bond donors (Lipinski definition) is 1. The highest BCUT2D eigenvalue weighted by Gasteiger charge is 2.25. The molecule has 0 spiro atoms. The van der Waals surface area contributed by atoms with E-state index in [0.29, 0.717) is 42.0 Å². The first-order chi connectivity index (χ1) is 17.8. The normalized spacial score (nSPS) is 17.8. The number of amidine groups is 1. The van der Waals surface area contributed by atoms with Crippen molar-refractivity contribution in [1.29, 1.82) is 0 Å². The highest BCUT2D eigenvalue weighted by Crippen LogP contribution is 2.36. The Labute approximate surface area is 216 Å². The van der Waals surface area contributed by atoms with Crippen molar-refractivity contribution in [3.63, 3.8) is 0 Å². The fraction of sp³-hybridized carbons (Fsp3) is 0.393. The van der Waals surface area contributed by atoms with Gasteiger partial charge in [0.15, 0.2) is 11.6 Å². The molecule has 1 N–H and O–H groups in total. The van der Waals surface area contributed by atoms with Gasteiger partial charge in [-0.3, -0.25) is 9.89 Å². The number of hydrogen-bond acceptors (Lipinski definition) is 7. The number of anilines is 2. The minimum atomic E-state index is -0.610. The average Bonchev–Trinajstić information content (AvgIpc) is 3.49. The maximum atomic E-state index is 15.3. The zero-order valence-corrected chi connectivity index (χ0v) is 21.7. The van der Waals surface area contributed by atoms with Crippen LogP contribution in [-0.4, -0.2) is 59.5 Å². The van der Waals surface area contributed by atoms with E-state index in [0.717, 1.165) is 43.4 Å². The van der Waals surface area contributed by atoms with Gasteiger partial charge in [-0.15, -0.1) is 0 Å². The SMILES string of the molecule is C/C=C/C1=CC(Nc2cc(N3CCN(C(C)C)CC3)nc(Oc3cc(F)c4c(c3F)C=C(C)C4)n2)=NC1. The van der Waals surface area contributed by atoms with Crippen LogP contribution in [0.2, 0.25) is 0 Å². The van der Waals surface area contributed by atoms with Crippen LogP contribution in [0, 0.1) is 11.6 Å². The van der Waals surface area contributed by atoms with Crippen molar-refractivity contribution in [1.82, 2.24) is 14.9 Å². The zero-order valence-electron chi connectivity index (χ0n) is 21.7. The van der Waals surface area contributed by atoms with Crippen molar-refractivity contribution in [2.45, 2.75) is 40.2 Å². The van der Waals surface area contributed by atoms with Crippen molar-refractivity contribution in [3.8, 4) is 11.8 Å². The summed E-state index contributed by atoms with van der Waals surface area (Å²) in [6, 6.07) is 3.34. The van der Waals surface area contributed by atoms with E-state index in [1.165, 1.54) is 0 Å². The van der Waals surface area contributed by atoms with E-state index in [2.05, 4.69) is 43.9 Å². The number of aliphatic imine (C=N–C) groups is 1. The molecule has 2 aliphatic heterocycles. The fourth-order valence-corrected chi connectivity index (χ4v) is 4.86. The van der Waals surface area contributed by atoms with E-state index in [4.69, 9.17) is 4.74 Å². The van der Waals surface area contributed by atoms with E-state index in [9.17, 15) is 4.39 Å². The molecular weight excluding hydrogens is 474 g/mol. The Morgan fingerprint density at radius 1 is 1.08 bits per heavy atom. The summed E-state index contributed by atoms with van der Waals surface area (Å²) in [6.07, 6.45) is 7.98. The number of ether oxygens (including phenoxy) is 1. The van der Waals surface area contributed by atoms with Crippen LogP contribution >= 0.6 is 0 Å². The van der Waals surface area contributed by atoms with E-state index in [1.54, 1.807) is 6.08 Å². The number of nitrogens with one attached hydrogen (secondary N) is 1. The van der Waals surface area contributed by atoms with Crippen LogP contribution < -0.4 is 15.0 Å². The molecule has 0 radical (unpaired) electrons. The van der Waals surface area contributed by atoms with Crippen molar-refractivity contribution < 1.29 is 13.5 Å². The zero-order chi connectivity index (χ0) is 26.1. The lowest BCUT2D eigenvalue weighted by Gasteiger charge is -2.37. The molecule has 0 atom stereocenters. The minimum Gasteiger partial charge on any atom is -0.421 e. The van der Waals surface area contributed by atoms with Gasteiger partial charge in [-0.05, 0) is 45.8 Å². The highest BCUT2D eigenvalue weighted by molar-refractivity contribution is 6.05. The number of allylic oxidation sites excluding steroid dienone is 2. The van der Waals surface area contributed by atoms with Crippen LogP contribution in [0.15, 0.2) is 46.5 Å². The van der Waals surface area contributed by atoms with Gasteiger partial charge in [-0.25, -0.2) is 8.78 Å². The molecule has 1 fully saturated rings. The summed E-state index contributed by atoms with van der Waals surface area (Å²) < 4.78 is 35.8. The van der Waals surface area contributed by atoms with E-state index < -0.39 is 11.6 Å². The lowest BCUT2D eigenvalue weighted by Crippen LogP contribution is -2.49. The lowest BCUT2D eigenvalue weighted by molar-refractivity contribution is 0.209. The molecule has 0 saturated carbocycles. The van der Waals surface area contributed by atoms with Gasteiger partial charge in [-0.2, -0.15) is 9.97 Å². The summed E-state index contributed by atoms with van der Waals surface area (Å²) in [4.78, 5) is 18.1. The molecule has 194 valence electrons. The number of piperazine rings is 1. The monoisotopic (exact) mass is 506 g/mol. The first-order valence-corrected chi connectivity index (χ1v) is 12.7. The van der Waals surface area contributed by atoms with Crippen molar-refractivity contribution in [2.24, 2.45) is 4.99 Å². The number of aromatic nitrogens is 2. The van der Waals surface area contributed by atoms with Gasteiger partial charge in [0.25, 0.3) is 0 Å². The van der Waals surface area contributed by atoms with Crippen molar-refractivity contribution in [2.75, 3.05) is 42.9 Å². The molecule has 1 saturated heterocycles. The number of fused-ring (bicyclic) bond motifs is 1. The molecule has 0 amide bonds. The minimum absolute atomic E-state index is 0.0560. The summed E-state index contributed by atoms with van der Waals surface area (Å²) in [7, 11) is 0. The lowest BCUT2D eigenvalue weighted by atomic mass is 10.1. The van der Waals surface area contributed by atoms with Crippen LogP contribution in [0.25, 0.3) is 6.08 Å². The number of benzene rings is 1. The van der Waals surface area contributed by atoms with Gasteiger partial charge in [0.2, 0.25) is 0 Å². The van der Waals surface area contributed by atoms with E-state index in [1.807, 2.05) is 38.1 Å². The van der Waals surface area contributed by atoms with Gasteiger partial charge < -0.3 is 15.0 Å². The Bertz CT molecular complexity index is 1320. The fourth-order valence-electron chi connectivity index (χ4n) is 4.86. The second-order valence-corrected chi connectivity index (χ2v) is 9.89. The Hall–Kier alpha value is -3.59. The predicted molar refractivity (Wildman–Crippen MR) is 144 cm³/mol. The topological polar surface area (TPSA) is 65.9 Å². The Balaban J connectivity index is 1.46. The molecular formula is C28H32F2N6O. The number of halogens is 2. The molecule has 7 nitrogen and oxygen atoms in total. The summed E-state index contributed by atoms with van der Waals surface area (Å²) in [5.41, 5.74) is 2.57. The second-order valence-electron chi connectivity index (χ2n) is 9.89. The van der Waals surface area contributed by atoms with Crippen LogP contribution in [0.1, 0.15) is 38.8 Å². The average molecular weight is 507 g/mol. The Morgan fingerprint density at radius 3 is 2.59 bits per heavy atom. The third-order valence-corrected chi connectivity index (χ3v) is 6.82. The van der Waals surface area contributed by atoms with E-state index in [-0.39, 0.29) is 17.3 Å². The van der Waals surface area contributed by atoms with Gasteiger partial charge in [0.05, 0.1) is 6.54 Å². The van der Waals surface area contributed by atoms with Crippen LogP contribution in [-0.2, 0) is 6.42 Å². The maximum Gasteiger partial charge on any atom is 0.326 e. The van der Waals surface area contributed by atoms with E-state index >= 15 is 4.39 Å². The molecule has 1 aromatic carbocycles. The third kappa shape index (κ3) is 5.41. The molecule has 9 heteroatoms. The summed E-state index contributed by atoms with van der Waals surface area (Å²) in [5.74, 6) is 0.458. The third-order valence-electron chi connectivity index (χ3n) is 6.82. The number of nitrogens with zero attached hydrogens (tertiary/aromatic N) is 5. The Morgan fingerprint density at radius 2 is 1.86 bits per heavy atom. The smallest absolute Gasteiger partial charge is 0.326 e. The quantitative estimate of drug-likeness (QED) is 0.569. The van der Waals surface area contributed by atoms with Gasteiger partial charge >= 0.3 is 6.01 Å². The Kier molecular flexibility index (Phi) is 7.06.